The molecule has 0 aromatic carbocycles. The van der Waals surface area contributed by atoms with E-state index < -0.39 is 0 Å². The van der Waals surface area contributed by atoms with Crippen LogP contribution in [-0.2, 0) is 4.79 Å². The van der Waals surface area contributed by atoms with Gasteiger partial charge in [0.2, 0.25) is 5.91 Å². The molecule has 1 aliphatic carbocycles. The molecule has 0 aliphatic heterocycles. The Labute approximate surface area is 118 Å². The van der Waals surface area contributed by atoms with Crippen LogP contribution in [0.25, 0.3) is 0 Å². The van der Waals surface area contributed by atoms with Crippen LogP contribution in [-0.4, -0.2) is 18.0 Å². The van der Waals surface area contributed by atoms with Gasteiger partial charge in [-0.15, -0.1) is 0 Å². The van der Waals surface area contributed by atoms with Crippen LogP contribution in [0.5, 0.6) is 0 Å². The zero-order chi connectivity index (χ0) is 14.3. The number of nitrogens with one attached hydrogen (secondary N) is 1. The maximum Gasteiger partial charge on any atom is 0.223 e. The summed E-state index contributed by atoms with van der Waals surface area (Å²) in [6, 6.07) is 0.515. The van der Waals surface area contributed by atoms with E-state index in [1.165, 1.54) is 25.7 Å². The summed E-state index contributed by atoms with van der Waals surface area (Å²) in [7, 11) is 0. The van der Waals surface area contributed by atoms with Crippen molar-refractivity contribution in [3.8, 4) is 0 Å². The smallest absolute Gasteiger partial charge is 0.223 e. The highest BCUT2D eigenvalue weighted by Gasteiger charge is 2.31. The van der Waals surface area contributed by atoms with Crippen molar-refractivity contribution >= 4 is 5.91 Å². The van der Waals surface area contributed by atoms with Gasteiger partial charge in [0, 0.05) is 18.0 Å². The van der Waals surface area contributed by atoms with Gasteiger partial charge in [-0.2, -0.15) is 0 Å². The highest BCUT2D eigenvalue weighted by Crippen LogP contribution is 2.29. The largest absolute Gasteiger partial charge is 0.353 e. The topological polar surface area (TPSA) is 55.1 Å². The van der Waals surface area contributed by atoms with Crippen LogP contribution >= 0.6 is 0 Å². The molecular weight excluding hydrogens is 236 g/mol. The average Bonchev–Trinajstić information content (AvgIpc) is 2.37. The molecule has 0 aromatic rings. The number of amides is 1. The highest BCUT2D eigenvalue weighted by atomic mass is 16.1. The molecule has 0 bridgehead atoms. The Morgan fingerprint density at radius 1 is 1.32 bits per heavy atom. The Morgan fingerprint density at radius 3 is 2.74 bits per heavy atom. The van der Waals surface area contributed by atoms with Crippen LogP contribution in [0.4, 0.5) is 0 Å². The van der Waals surface area contributed by atoms with Gasteiger partial charge in [0.15, 0.2) is 0 Å². The summed E-state index contributed by atoms with van der Waals surface area (Å²) in [5.74, 6) is 0.833. The first-order valence-electron chi connectivity index (χ1n) is 8.10. The van der Waals surface area contributed by atoms with Crippen molar-refractivity contribution in [2.24, 2.45) is 17.6 Å². The van der Waals surface area contributed by atoms with Crippen LogP contribution in [0.15, 0.2) is 0 Å². The molecule has 3 nitrogen and oxygen atoms in total. The fourth-order valence-corrected chi connectivity index (χ4v) is 3.02. The molecule has 0 saturated heterocycles. The van der Waals surface area contributed by atoms with Crippen LogP contribution < -0.4 is 11.1 Å². The molecular formula is C16H32N2O. The van der Waals surface area contributed by atoms with Crippen molar-refractivity contribution in [2.75, 3.05) is 0 Å². The van der Waals surface area contributed by atoms with Crippen molar-refractivity contribution in [1.82, 2.24) is 5.32 Å². The lowest BCUT2D eigenvalue weighted by molar-refractivity contribution is -0.128. The molecule has 0 aromatic heterocycles. The van der Waals surface area contributed by atoms with Gasteiger partial charge in [-0.1, -0.05) is 39.5 Å². The molecule has 0 spiro atoms. The number of hydrogen-bond donors (Lipinski definition) is 2. The van der Waals surface area contributed by atoms with E-state index in [9.17, 15) is 4.79 Å². The molecule has 3 heteroatoms. The monoisotopic (exact) mass is 268 g/mol. The quantitative estimate of drug-likeness (QED) is 0.697. The van der Waals surface area contributed by atoms with Crippen molar-refractivity contribution in [3.05, 3.63) is 0 Å². The maximum atomic E-state index is 12.3. The Balaban J connectivity index is 2.28. The Hall–Kier alpha value is -0.570. The molecule has 4 atom stereocenters. The van der Waals surface area contributed by atoms with Crippen LogP contribution in [0, 0.1) is 11.8 Å². The zero-order valence-electron chi connectivity index (χ0n) is 13.0. The molecule has 1 saturated carbocycles. The van der Waals surface area contributed by atoms with Gasteiger partial charge in [-0.3, -0.25) is 4.79 Å². The summed E-state index contributed by atoms with van der Waals surface area (Å²) in [6.45, 7) is 6.53. The van der Waals surface area contributed by atoms with Crippen LogP contribution in [0.2, 0.25) is 0 Å². The van der Waals surface area contributed by atoms with E-state index >= 15 is 0 Å². The second kappa shape index (κ2) is 8.57. The summed E-state index contributed by atoms with van der Waals surface area (Å²) in [5, 5.41) is 3.18. The lowest BCUT2D eigenvalue weighted by Crippen LogP contribution is -2.44. The summed E-state index contributed by atoms with van der Waals surface area (Å²) in [4.78, 5) is 12.3. The number of rotatable bonds is 7. The predicted octanol–water partition coefficient (Wildman–Crippen LogP) is 3.23. The lowest BCUT2D eigenvalue weighted by Gasteiger charge is -2.32. The van der Waals surface area contributed by atoms with Gasteiger partial charge in [0.05, 0.1) is 0 Å². The van der Waals surface area contributed by atoms with E-state index in [1.54, 1.807) is 0 Å². The fourth-order valence-electron chi connectivity index (χ4n) is 3.02. The van der Waals surface area contributed by atoms with E-state index in [0.29, 0.717) is 12.0 Å². The van der Waals surface area contributed by atoms with Gasteiger partial charge < -0.3 is 11.1 Å². The van der Waals surface area contributed by atoms with Gasteiger partial charge in [-0.05, 0) is 38.5 Å². The van der Waals surface area contributed by atoms with Gasteiger partial charge in [0.25, 0.3) is 0 Å². The van der Waals surface area contributed by atoms with Gasteiger partial charge in [-0.25, -0.2) is 0 Å². The first-order chi connectivity index (χ1) is 9.04. The minimum absolute atomic E-state index is 0.127. The van der Waals surface area contributed by atoms with E-state index in [0.717, 1.165) is 25.7 Å². The fraction of sp³-hybridized carbons (Fsp3) is 0.938. The number of carbonyl (C=O) groups excluding carboxylic acids is 1. The Kier molecular flexibility index (Phi) is 7.44. The van der Waals surface area contributed by atoms with Crippen LogP contribution in [0.3, 0.4) is 0 Å². The molecule has 3 N–H and O–H groups in total. The molecule has 19 heavy (non-hydrogen) atoms. The molecule has 1 rings (SSSR count). The third-order valence-corrected chi connectivity index (χ3v) is 4.45. The lowest BCUT2D eigenvalue weighted by atomic mass is 9.77. The van der Waals surface area contributed by atoms with E-state index in [2.05, 4.69) is 26.1 Å². The predicted molar refractivity (Wildman–Crippen MR) is 80.8 cm³/mol. The Morgan fingerprint density at radius 2 is 2.05 bits per heavy atom. The zero-order valence-corrected chi connectivity index (χ0v) is 13.0. The normalized spacial score (nSPS) is 28.9. The van der Waals surface area contributed by atoms with E-state index in [4.69, 9.17) is 5.73 Å². The molecule has 4 unspecified atom stereocenters. The number of carbonyl (C=O) groups is 1. The van der Waals surface area contributed by atoms with Crippen molar-refractivity contribution < 1.29 is 4.79 Å². The molecule has 0 radical (unpaired) electrons. The standard InChI is InChI=1S/C16H32N2O/c1-4-5-6-7-8-13(3)18-16(19)15-11-14(17)10-9-12(15)2/h12-15H,4-11,17H2,1-3H3,(H,18,19). The third-order valence-electron chi connectivity index (χ3n) is 4.45. The minimum atomic E-state index is 0.127. The average molecular weight is 268 g/mol. The number of nitrogens with two attached hydrogens (primary N) is 1. The van der Waals surface area contributed by atoms with Crippen molar-refractivity contribution in [2.45, 2.75) is 84.2 Å². The third kappa shape index (κ3) is 5.94. The molecule has 112 valence electrons. The SMILES string of the molecule is CCCCCCC(C)NC(=O)C1CC(N)CCC1C. The van der Waals surface area contributed by atoms with E-state index in [1.807, 2.05) is 0 Å². The number of unbranched alkanes of at least 4 members (excludes halogenated alkanes) is 3. The van der Waals surface area contributed by atoms with Gasteiger partial charge in [0.1, 0.15) is 0 Å². The molecule has 0 heterocycles. The highest BCUT2D eigenvalue weighted by molar-refractivity contribution is 5.79. The summed E-state index contributed by atoms with van der Waals surface area (Å²) in [5.41, 5.74) is 5.99. The van der Waals surface area contributed by atoms with Crippen molar-refractivity contribution in [1.29, 1.82) is 0 Å². The molecule has 1 aliphatic rings. The van der Waals surface area contributed by atoms with Gasteiger partial charge >= 0.3 is 0 Å². The summed E-state index contributed by atoms with van der Waals surface area (Å²) >= 11 is 0. The first kappa shape index (κ1) is 16.5. The second-order valence-corrected chi connectivity index (χ2v) is 6.42. The second-order valence-electron chi connectivity index (χ2n) is 6.42. The Bertz CT molecular complexity index is 267. The minimum Gasteiger partial charge on any atom is -0.353 e. The summed E-state index contributed by atoms with van der Waals surface area (Å²) < 4.78 is 0. The van der Waals surface area contributed by atoms with E-state index in [-0.39, 0.29) is 17.9 Å². The molecule has 1 fully saturated rings. The van der Waals surface area contributed by atoms with Crippen LogP contribution in [0.1, 0.15) is 72.1 Å². The molecule has 1 amide bonds. The maximum absolute atomic E-state index is 12.3. The number of hydrogen-bond acceptors (Lipinski definition) is 2. The van der Waals surface area contributed by atoms with Crippen molar-refractivity contribution in [3.63, 3.8) is 0 Å². The first-order valence-corrected chi connectivity index (χ1v) is 8.10. The summed E-state index contributed by atoms with van der Waals surface area (Å²) in [6.07, 6.45) is 9.17.